The number of benzene rings is 2. The zero-order valence-corrected chi connectivity index (χ0v) is 18.4. The van der Waals surface area contributed by atoms with Gasteiger partial charge >= 0.3 is 0 Å². The summed E-state index contributed by atoms with van der Waals surface area (Å²) in [5, 5.41) is 17.5. The van der Waals surface area contributed by atoms with E-state index in [1.165, 1.54) is 19.3 Å². The molecule has 1 aliphatic rings. The van der Waals surface area contributed by atoms with Gasteiger partial charge in [0, 0.05) is 28.7 Å². The number of aryl methyl sites for hydroxylation is 1. The highest BCUT2D eigenvalue weighted by atomic mass is 16.3. The minimum Gasteiger partial charge on any atom is -0.508 e. The molecule has 31 heavy (non-hydrogen) atoms. The van der Waals surface area contributed by atoms with E-state index in [0.717, 1.165) is 47.2 Å². The van der Waals surface area contributed by atoms with E-state index < -0.39 is 0 Å². The molecule has 1 fully saturated rings. The number of hydrogen-bond acceptors (Lipinski definition) is 4. The molecule has 0 aliphatic heterocycles. The molecule has 0 bridgehead atoms. The molecule has 3 N–H and O–H groups in total. The SMILES string of the molecule is CCCNC(=O)c1ccc(NC(c2oc3ccc(O)cc3c2C)C2CCCCC2)cc1. The topological polar surface area (TPSA) is 74.5 Å². The summed E-state index contributed by atoms with van der Waals surface area (Å²) in [6.07, 6.45) is 7.01. The molecule has 0 radical (unpaired) electrons. The molecule has 1 unspecified atom stereocenters. The van der Waals surface area contributed by atoms with Crippen LogP contribution in [0.25, 0.3) is 11.0 Å². The zero-order valence-electron chi connectivity index (χ0n) is 18.4. The smallest absolute Gasteiger partial charge is 0.251 e. The minimum absolute atomic E-state index is 0.0369. The van der Waals surface area contributed by atoms with Crippen molar-refractivity contribution in [3.63, 3.8) is 0 Å². The molecule has 1 heterocycles. The molecular weight excluding hydrogens is 388 g/mol. The summed E-state index contributed by atoms with van der Waals surface area (Å²) in [6, 6.07) is 13.0. The lowest BCUT2D eigenvalue weighted by Crippen LogP contribution is -2.24. The summed E-state index contributed by atoms with van der Waals surface area (Å²) >= 11 is 0. The summed E-state index contributed by atoms with van der Waals surface area (Å²) in [7, 11) is 0. The number of phenols is 1. The summed E-state index contributed by atoms with van der Waals surface area (Å²) in [4.78, 5) is 12.2. The number of nitrogens with one attached hydrogen (secondary N) is 2. The fraction of sp³-hybridized carbons (Fsp3) is 0.423. The van der Waals surface area contributed by atoms with Gasteiger partial charge < -0.3 is 20.2 Å². The van der Waals surface area contributed by atoms with Crippen molar-refractivity contribution in [2.24, 2.45) is 5.92 Å². The monoisotopic (exact) mass is 420 g/mol. The predicted octanol–water partition coefficient (Wildman–Crippen LogP) is 6.32. The van der Waals surface area contributed by atoms with E-state index in [0.29, 0.717) is 18.0 Å². The lowest BCUT2D eigenvalue weighted by molar-refractivity contribution is 0.0953. The standard InChI is InChI=1S/C26H32N2O3/c1-3-15-27-26(30)19-9-11-20(12-10-19)28-24(18-7-5-4-6-8-18)25-17(2)22-16-21(29)13-14-23(22)31-25/h9-14,16,18,24,28-29H,3-8,15H2,1-2H3,(H,27,30). The Bertz CT molecular complexity index is 1030. The number of anilines is 1. The molecule has 0 spiro atoms. The quantitative estimate of drug-likeness (QED) is 0.418. The van der Waals surface area contributed by atoms with Crippen LogP contribution in [0.3, 0.4) is 0 Å². The number of furan rings is 1. The average molecular weight is 421 g/mol. The largest absolute Gasteiger partial charge is 0.508 e. The maximum absolute atomic E-state index is 12.2. The van der Waals surface area contributed by atoms with Crippen molar-refractivity contribution in [1.29, 1.82) is 0 Å². The first-order valence-corrected chi connectivity index (χ1v) is 11.4. The number of fused-ring (bicyclic) bond motifs is 1. The lowest BCUT2D eigenvalue weighted by Gasteiger charge is -2.31. The maximum Gasteiger partial charge on any atom is 0.251 e. The minimum atomic E-state index is -0.0369. The first-order valence-electron chi connectivity index (χ1n) is 11.4. The lowest BCUT2D eigenvalue weighted by atomic mass is 9.82. The molecule has 5 heteroatoms. The van der Waals surface area contributed by atoms with Gasteiger partial charge in [0.05, 0.1) is 6.04 Å². The molecule has 3 aromatic rings. The van der Waals surface area contributed by atoms with Crippen molar-refractivity contribution in [1.82, 2.24) is 5.32 Å². The van der Waals surface area contributed by atoms with Crippen molar-refractivity contribution < 1.29 is 14.3 Å². The van der Waals surface area contributed by atoms with Crippen LogP contribution >= 0.6 is 0 Å². The Morgan fingerprint density at radius 2 is 1.87 bits per heavy atom. The summed E-state index contributed by atoms with van der Waals surface area (Å²) in [5.41, 5.74) is 3.52. The molecule has 1 saturated carbocycles. The van der Waals surface area contributed by atoms with E-state index in [1.807, 2.05) is 37.3 Å². The van der Waals surface area contributed by atoms with Crippen molar-refractivity contribution in [2.45, 2.75) is 58.4 Å². The fourth-order valence-corrected chi connectivity index (χ4v) is 4.63. The first-order chi connectivity index (χ1) is 15.1. The van der Waals surface area contributed by atoms with Crippen molar-refractivity contribution in [2.75, 3.05) is 11.9 Å². The van der Waals surface area contributed by atoms with E-state index >= 15 is 0 Å². The Morgan fingerprint density at radius 1 is 1.13 bits per heavy atom. The highest BCUT2D eigenvalue weighted by molar-refractivity contribution is 5.94. The van der Waals surface area contributed by atoms with E-state index in [9.17, 15) is 9.90 Å². The number of rotatable bonds is 7. The maximum atomic E-state index is 12.2. The van der Waals surface area contributed by atoms with Gasteiger partial charge in [-0.05, 0) is 74.6 Å². The van der Waals surface area contributed by atoms with Crippen LogP contribution < -0.4 is 10.6 Å². The van der Waals surface area contributed by atoms with Gasteiger partial charge in [0.25, 0.3) is 5.91 Å². The normalized spacial score (nSPS) is 15.7. The Balaban J connectivity index is 1.62. The van der Waals surface area contributed by atoms with E-state index in [4.69, 9.17) is 4.42 Å². The number of aromatic hydroxyl groups is 1. The first kappa shape index (κ1) is 21.3. The second-order valence-corrected chi connectivity index (χ2v) is 8.63. The Hall–Kier alpha value is -2.95. The third-order valence-corrected chi connectivity index (χ3v) is 6.37. The third-order valence-electron chi connectivity index (χ3n) is 6.37. The third kappa shape index (κ3) is 4.71. The molecule has 1 aromatic heterocycles. The van der Waals surface area contributed by atoms with Crippen molar-refractivity contribution in [3.05, 3.63) is 59.4 Å². The number of amides is 1. The Morgan fingerprint density at radius 3 is 2.58 bits per heavy atom. The molecule has 4 rings (SSSR count). The molecule has 1 atom stereocenters. The van der Waals surface area contributed by atoms with Crippen LogP contribution in [0.5, 0.6) is 5.75 Å². The van der Waals surface area contributed by atoms with Gasteiger partial charge in [-0.15, -0.1) is 0 Å². The van der Waals surface area contributed by atoms with Gasteiger partial charge in [-0.2, -0.15) is 0 Å². The van der Waals surface area contributed by atoms with Crippen LogP contribution in [0.1, 0.15) is 73.2 Å². The number of carbonyl (C=O) groups excluding carboxylic acids is 1. The molecule has 0 saturated heterocycles. The summed E-state index contributed by atoms with van der Waals surface area (Å²) < 4.78 is 6.31. The van der Waals surface area contributed by atoms with Crippen LogP contribution in [0.4, 0.5) is 5.69 Å². The highest BCUT2D eigenvalue weighted by Crippen LogP contribution is 2.41. The van der Waals surface area contributed by atoms with E-state index in [-0.39, 0.29) is 17.7 Å². The summed E-state index contributed by atoms with van der Waals surface area (Å²) in [6.45, 7) is 4.79. The Kier molecular flexibility index (Phi) is 6.50. The van der Waals surface area contributed by atoms with Gasteiger partial charge in [-0.1, -0.05) is 26.2 Å². The molecular formula is C26H32N2O3. The van der Waals surface area contributed by atoms with Crippen LogP contribution in [0.2, 0.25) is 0 Å². The average Bonchev–Trinajstić information content (AvgIpc) is 3.12. The predicted molar refractivity (Wildman–Crippen MR) is 125 cm³/mol. The molecule has 2 aromatic carbocycles. The summed E-state index contributed by atoms with van der Waals surface area (Å²) in [5.74, 6) is 1.64. The zero-order chi connectivity index (χ0) is 21.8. The fourth-order valence-electron chi connectivity index (χ4n) is 4.63. The van der Waals surface area contributed by atoms with E-state index in [2.05, 4.69) is 17.6 Å². The Labute approximate surface area is 183 Å². The molecule has 164 valence electrons. The van der Waals surface area contributed by atoms with Crippen LogP contribution in [0.15, 0.2) is 46.9 Å². The van der Waals surface area contributed by atoms with Crippen LogP contribution in [0, 0.1) is 12.8 Å². The van der Waals surface area contributed by atoms with Crippen LogP contribution in [-0.2, 0) is 0 Å². The van der Waals surface area contributed by atoms with Gasteiger partial charge in [0.2, 0.25) is 0 Å². The molecule has 1 aliphatic carbocycles. The van der Waals surface area contributed by atoms with Crippen LogP contribution in [-0.4, -0.2) is 17.6 Å². The molecule has 1 amide bonds. The number of phenolic OH excluding ortho intramolecular Hbond substituents is 1. The van der Waals surface area contributed by atoms with Gasteiger partial charge in [0.15, 0.2) is 0 Å². The van der Waals surface area contributed by atoms with E-state index in [1.54, 1.807) is 12.1 Å². The van der Waals surface area contributed by atoms with Gasteiger partial charge in [-0.25, -0.2) is 0 Å². The number of hydrogen-bond donors (Lipinski definition) is 3. The van der Waals surface area contributed by atoms with Crippen molar-refractivity contribution in [3.8, 4) is 5.75 Å². The second-order valence-electron chi connectivity index (χ2n) is 8.63. The highest BCUT2D eigenvalue weighted by Gasteiger charge is 2.30. The van der Waals surface area contributed by atoms with Crippen molar-refractivity contribution >= 4 is 22.6 Å². The second kappa shape index (κ2) is 9.46. The van der Waals surface area contributed by atoms with Gasteiger partial charge in [-0.3, -0.25) is 4.79 Å². The molecule has 5 nitrogen and oxygen atoms in total. The van der Waals surface area contributed by atoms with Gasteiger partial charge in [0.1, 0.15) is 17.1 Å². The number of carbonyl (C=O) groups is 1.